The van der Waals surface area contributed by atoms with Crippen molar-refractivity contribution in [3.63, 3.8) is 0 Å². The van der Waals surface area contributed by atoms with Crippen molar-refractivity contribution >= 4 is 35.6 Å². The smallest absolute Gasteiger partial charge is 0.193 e. The van der Waals surface area contributed by atoms with Gasteiger partial charge in [-0.3, -0.25) is 4.99 Å². The first kappa shape index (κ1) is 20.8. The van der Waals surface area contributed by atoms with Gasteiger partial charge in [-0.2, -0.15) is 0 Å². The van der Waals surface area contributed by atoms with Crippen molar-refractivity contribution in [1.82, 2.24) is 0 Å². The van der Waals surface area contributed by atoms with E-state index in [4.69, 9.17) is 19.9 Å². The summed E-state index contributed by atoms with van der Waals surface area (Å²) in [6.45, 7) is 5.64. The normalized spacial score (nSPS) is 15.9. The summed E-state index contributed by atoms with van der Waals surface area (Å²) in [4.78, 5) is 4.42. The molecule has 7 heteroatoms. The Morgan fingerprint density at radius 2 is 1.96 bits per heavy atom. The average molecular weight is 449 g/mol. The standard InChI is InChI=1S/C17H27N3O3.HI/c1-4-22-13-7-8-15(23-5-2)14(11-13)20-16(18)19-12-17(21-3)9-6-10-17;/h7-8,11H,4-6,9-10,12H2,1-3H3,(H3,18,19,20);1H. The molecule has 0 radical (unpaired) electrons. The van der Waals surface area contributed by atoms with Crippen LogP contribution >= 0.6 is 24.0 Å². The van der Waals surface area contributed by atoms with E-state index < -0.39 is 0 Å². The zero-order chi connectivity index (χ0) is 16.7. The molecule has 1 aliphatic rings. The fourth-order valence-electron chi connectivity index (χ4n) is 2.55. The highest BCUT2D eigenvalue weighted by Crippen LogP contribution is 2.35. The van der Waals surface area contributed by atoms with Gasteiger partial charge in [0.15, 0.2) is 5.96 Å². The van der Waals surface area contributed by atoms with Crippen LogP contribution < -0.4 is 20.5 Å². The molecule has 6 nitrogen and oxygen atoms in total. The quantitative estimate of drug-likeness (QED) is 0.362. The summed E-state index contributed by atoms with van der Waals surface area (Å²) in [6, 6.07) is 5.61. The zero-order valence-corrected chi connectivity index (χ0v) is 17.0. The summed E-state index contributed by atoms with van der Waals surface area (Å²) in [6.07, 6.45) is 3.25. The highest BCUT2D eigenvalue weighted by atomic mass is 127. The van der Waals surface area contributed by atoms with Gasteiger partial charge in [-0.05, 0) is 45.2 Å². The molecule has 0 heterocycles. The van der Waals surface area contributed by atoms with Crippen LogP contribution in [-0.2, 0) is 4.74 Å². The van der Waals surface area contributed by atoms with Crippen LogP contribution in [0, 0.1) is 0 Å². The van der Waals surface area contributed by atoms with Gasteiger partial charge < -0.3 is 25.3 Å². The molecule has 0 atom stereocenters. The Bertz CT molecular complexity index is 542. The highest BCUT2D eigenvalue weighted by molar-refractivity contribution is 14.0. The molecule has 1 aromatic rings. The van der Waals surface area contributed by atoms with Crippen LogP contribution in [0.2, 0.25) is 0 Å². The molecule has 3 N–H and O–H groups in total. The number of benzene rings is 1. The number of hydrogen-bond donors (Lipinski definition) is 2. The maximum absolute atomic E-state index is 6.02. The molecule has 136 valence electrons. The summed E-state index contributed by atoms with van der Waals surface area (Å²) in [5, 5.41) is 3.11. The summed E-state index contributed by atoms with van der Waals surface area (Å²) < 4.78 is 16.7. The van der Waals surface area contributed by atoms with E-state index in [9.17, 15) is 0 Å². The summed E-state index contributed by atoms with van der Waals surface area (Å²) in [5.41, 5.74) is 6.63. The molecule has 0 unspecified atom stereocenters. The second-order valence-electron chi connectivity index (χ2n) is 5.59. The minimum absolute atomic E-state index is 0. The van der Waals surface area contributed by atoms with E-state index in [1.807, 2.05) is 32.0 Å². The predicted molar refractivity (Wildman–Crippen MR) is 108 cm³/mol. The lowest BCUT2D eigenvalue weighted by Crippen LogP contribution is -2.43. The summed E-state index contributed by atoms with van der Waals surface area (Å²) in [5.74, 6) is 1.83. The lowest BCUT2D eigenvalue weighted by Gasteiger charge is -2.39. The lowest BCUT2D eigenvalue weighted by molar-refractivity contribution is -0.0629. The number of ether oxygens (including phenoxy) is 3. The van der Waals surface area contributed by atoms with E-state index in [-0.39, 0.29) is 29.6 Å². The van der Waals surface area contributed by atoms with Crippen LogP contribution in [0.5, 0.6) is 11.5 Å². The highest BCUT2D eigenvalue weighted by Gasteiger charge is 2.36. The largest absolute Gasteiger partial charge is 0.494 e. The van der Waals surface area contributed by atoms with E-state index in [1.165, 1.54) is 6.42 Å². The maximum atomic E-state index is 6.02. The molecule has 0 aliphatic heterocycles. The van der Waals surface area contributed by atoms with Gasteiger partial charge in [0.25, 0.3) is 0 Å². The van der Waals surface area contributed by atoms with Crippen LogP contribution in [0.15, 0.2) is 23.2 Å². The third-order valence-corrected chi connectivity index (χ3v) is 4.06. The first-order valence-electron chi connectivity index (χ1n) is 8.14. The molecule has 0 bridgehead atoms. The van der Waals surface area contributed by atoms with Crippen LogP contribution in [0.3, 0.4) is 0 Å². The number of aliphatic imine (C=N–C) groups is 1. The van der Waals surface area contributed by atoms with Gasteiger partial charge in [-0.15, -0.1) is 24.0 Å². The van der Waals surface area contributed by atoms with E-state index in [0.29, 0.717) is 25.7 Å². The minimum Gasteiger partial charge on any atom is -0.494 e. The molecule has 0 spiro atoms. The molecule has 1 aromatic carbocycles. The Morgan fingerprint density at radius 3 is 2.50 bits per heavy atom. The maximum Gasteiger partial charge on any atom is 0.193 e. The number of methoxy groups -OCH3 is 1. The Kier molecular flexibility index (Phi) is 8.61. The third kappa shape index (κ3) is 5.41. The second-order valence-corrected chi connectivity index (χ2v) is 5.59. The number of guanidine groups is 1. The second kappa shape index (κ2) is 9.93. The molecule has 0 amide bonds. The SMILES string of the molecule is CCOc1ccc(OCC)c(NC(N)=NCC2(OC)CCC2)c1.I. The van der Waals surface area contributed by atoms with Crippen LogP contribution in [0.1, 0.15) is 33.1 Å². The van der Waals surface area contributed by atoms with E-state index in [1.54, 1.807) is 7.11 Å². The lowest BCUT2D eigenvalue weighted by atomic mass is 9.80. The van der Waals surface area contributed by atoms with E-state index in [2.05, 4.69) is 10.3 Å². The van der Waals surface area contributed by atoms with Gasteiger partial charge in [-0.1, -0.05) is 0 Å². The number of anilines is 1. The van der Waals surface area contributed by atoms with Crippen molar-refractivity contribution in [2.45, 2.75) is 38.7 Å². The van der Waals surface area contributed by atoms with Gasteiger partial charge in [0.05, 0.1) is 31.0 Å². The summed E-state index contributed by atoms with van der Waals surface area (Å²) in [7, 11) is 1.73. The molecule has 2 rings (SSSR count). The fourth-order valence-corrected chi connectivity index (χ4v) is 2.55. The number of rotatable bonds is 8. The van der Waals surface area contributed by atoms with Gasteiger partial charge in [-0.25, -0.2) is 0 Å². The molecule has 1 saturated carbocycles. The molecule has 0 saturated heterocycles. The fraction of sp³-hybridized carbons (Fsp3) is 0.588. The van der Waals surface area contributed by atoms with Crippen molar-refractivity contribution in [3.05, 3.63) is 18.2 Å². The first-order chi connectivity index (χ1) is 11.1. The number of nitrogens with zero attached hydrogens (tertiary/aromatic N) is 1. The van der Waals surface area contributed by atoms with Crippen molar-refractivity contribution in [2.24, 2.45) is 10.7 Å². The topological polar surface area (TPSA) is 78.1 Å². The van der Waals surface area contributed by atoms with Gasteiger partial charge >= 0.3 is 0 Å². The van der Waals surface area contributed by atoms with Crippen molar-refractivity contribution in [2.75, 3.05) is 32.2 Å². The molecule has 1 aliphatic carbocycles. The first-order valence-corrected chi connectivity index (χ1v) is 8.14. The van der Waals surface area contributed by atoms with Crippen molar-refractivity contribution < 1.29 is 14.2 Å². The Labute approximate surface area is 161 Å². The van der Waals surface area contributed by atoms with Crippen LogP contribution in [0.4, 0.5) is 5.69 Å². The van der Waals surface area contributed by atoms with Crippen LogP contribution in [-0.4, -0.2) is 38.4 Å². The van der Waals surface area contributed by atoms with Gasteiger partial charge in [0.2, 0.25) is 0 Å². The van der Waals surface area contributed by atoms with E-state index >= 15 is 0 Å². The average Bonchev–Trinajstić information content (AvgIpc) is 2.50. The minimum atomic E-state index is -0.137. The van der Waals surface area contributed by atoms with Gasteiger partial charge in [0, 0.05) is 13.2 Å². The number of halogens is 1. The Hall–Kier alpha value is -1.22. The van der Waals surface area contributed by atoms with Crippen molar-refractivity contribution in [3.8, 4) is 11.5 Å². The molecule has 24 heavy (non-hydrogen) atoms. The molecule has 1 fully saturated rings. The van der Waals surface area contributed by atoms with Crippen LogP contribution in [0.25, 0.3) is 0 Å². The van der Waals surface area contributed by atoms with Crippen molar-refractivity contribution in [1.29, 1.82) is 0 Å². The number of nitrogens with two attached hydrogens (primary N) is 1. The number of nitrogens with one attached hydrogen (secondary N) is 1. The van der Waals surface area contributed by atoms with Gasteiger partial charge in [0.1, 0.15) is 11.5 Å². The molecule has 0 aromatic heterocycles. The summed E-state index contributed by atoms with van der Waals surface area (Å²) >= 11 is 0. The molecular weight excluding hydrogens is 421 g/mol. The zero-order valence-electron chi connectivity index (χ0n) is 14.6. The predicted octanol–water partition coefficient (Wildman–Crippen LogP) is 3.40. The molecular formula is C17H28IN3O3. The monoisotopic (exact) mass is 449 g/mol. The Balaban J connectivity index is 0.00000288. The third-order valence-electron chi connectivity index (χ3n) is 4.06. The number of hydrogen-bond acceptors (Lipinski definition) is 4. The van der Waals surface area contributed by atoms with E-state index in [0.717, 1.165) is 30.0 Å². The Morgan fingerprint density at radius 1 is 1.25 bits per heavy atom.